The third-order valence-corrected chi connectivity index (χ3v) is 2.23. The zero-order valence-corrected chi connectivity index (χ0v) is 9.31. The third kappa shape index (κ3) is 3.31. The van der Waals surface area contributed by atoms with Crippen LogP contribution >= 0.6 is 0 Å². The van der Waals surface area contributed by atoms with E-state index in [2.05, 4.69) is 16.9 Å². The standard InChI is InChI=1S/C11H17N3O/c1-3-5-8-14(4-2)11(15)10-9-12-6-7-13-10/h6-7,9H,3-5,8H2,1-2H3. The van der Waals surface area contributed by atoms with Gasteiger partial charge < -0.3 is 4.90 Å². The number of rotatable bonds is 5. The Bertz CT molecular complexity index is 300. The largest absolute Gasteiger partial charge is 0.338 e. The summed E-state index contributed by atoms with van der Waals surface area (Å²) in [6, 6.07) is 0. The molecule has 1 aromatic rings. The van der Waals surface area contributed by atoms with Gasteiger partial charge in [0.25, 0.3) is 5.91 Å². The van der Waals surface area contributed by atoms with Crippen molar-refractivity contribution < 1.29 is 4.79 Å². The molecule has 0 saturated carbocycles. The van der Waals surface area contributed by atoms with E-state index in [-0.39, 0.29) is 5.91 Å². The topological polar surface area (TPSA) is 46.1 Å². The van der Waals surface area contributed by atoms with E-state index in [1.165, 1.54) is 6.20 Å². The molecule has 0 aromatic carbocycles. The number of aromatic nitrogens is 2. The number of hydrogen-bond donors (Lipinski definition) is 0. The molecule has 0 saturated heterocycles. The molecule has 0 N–H and O–H groups in total. The summed E-state index contributed by atoms with van der Waals surface area (Å²) in [6.45, 7) is 5.60. The summed E-state index contributed by atoms with van der Waals surface area (Å²) in [5, 5.41) is 0. The Kier molecular flexibility index (Phi) is 4.74. The summed E-state index contributed by atoms with van der Waals surface area (Å²) in [6.07, 6.45) is 6.74. The summed E-state index contributed by atoms with van der Waals surface area (Å²) < 4.78 is 0. The second-order valence-corrected chi connectivity index (χ2v) is 3.33. The first-order valence-electron chi connectivity index (χ1n) is 5.34. The Morgan fingerprint density at radius 1 is 1.40 bits per heavy atom. The molecule has 82 valence electrons. The van der Waals surface area contributed by atoms with Gasteiger partial charge in [-0.3, -0.25) is 9.78 Å². The minimum atomic E-state index is -0.0287. The molecule has 4 nitrogen and oxygen atoms in total. The summed E-state index contributed by atoms with van der Waals surface area (Å²) in [5.41, 5.74) is 0.426. The van der Waals surface area contributed by atoms with E-state index in [0.717, 1.165) is 25.9 Å². The van der Waals surface area contributed by atoms with Gasteiger partial charge in [0.2, 0.25) is 0 Å². The molecule has 0 unspecified atom stereocenters. The number of amides is 1. The van der Waals surface area contributed by atoms with Crippen LogP contribution in [0, 0.1) is 0 Å². The molecule has 0 aliphatic carbocycles. The van der Waals surface area contributed by atoms with Crippen LogP contribution in [0.1, 0.15) is 37.2 Å². The van der Waals surface area contributed by atoms with Crippen LogP contribution < -0.4 is 0 Å². The highest BCUT2D eigenvalue weighted by molar-refractivity contribution is 5.91. The number of carbonyl (C=O) groups excluding carboxylic acids is 1. The molecule has 1 aromatic heterocycles. The van der Waals surface area contributed by atoms with Crippen LogP contribution in [0.2, 0.25) is 0 Å². The van der Waals surface area contributed by atoms with E-state index in [1.54, 1.807) is 17.3 Å². The molecule has 15 heavy (non-hydrogen) atoms. The van der Waals surface area contributed by atoms with Gasteiger partial charge in [-0.2, -0.15) is 0 Å². The van der Waals surface area contributed by atoms with Crippen molar-refractivity contribution in [1.82, 2.24) is 14.9 Å². The second-order valence-electron chi connectivity index (χ2n) is 3.33. The van der Waals surface area contributed by atoms with Crippen molar-refractivity contribution in [1.29, 1.82) is 0 Å². The number of nitrogens with zero attached hydrogens (tertiary/aromatic N) is 3. The van der Waals surface area contributed by atoms with Gasteiger partial charge in [0, 0.05) is 25.5 Å². The van der Waals surface area contributed by atoms with Gasteiger partial charge in [0.1, 0.15) is 5.69 Å². The van der Waals surface area contributed by atoms with Crippen LogP contribution in [0.4, 0.5) is 0 Å². The van der Waals surface area contributed by atoms with Crippen LogP contribution in [-0.4, -0.2) is 33.9 Å². The molecular weight excluding hydrogens is 190 g/mol. The monoisotopic (exact) mass is 207 g/mol. The fraction of sp³-hybridized carbons (Fsp3) is 0.545. The van der Waals surface area contributed by atoms with Crippen LogP contribution in [0.15, 0.2) is 18.6 Å². The molecular formula is C11H17N3O. The predicted octanol–water partition coefficient (Wildman–Crippen LogP) is 1.74. The first-order valence-corrected chi connectivity index (χ1v) is 5.34. The summed E-state index contributed by atoms with van der Waals surface area (Å²) >= 11 is 0. The van der Waals surface area contributed by atoms with Crippen molar-refractivity contribution in [2.75, 3.05) is 13.1 Å². The second kappa shape index (κ2) is 6.11. The zero-order chi connectivity index (χ0) is 11.1. The first kappa shape index (κ1) is 11.6. The predicted molar refractivity (Wildman–Crippen MR) is 58.5 cm³/mol. The van der Waals surface area contributed by atoms with Gasteiger partial charge in [-0.15, -0.1) is 0 Å². The maximum atomic E-state index is 11.9. The fourth-order valence-corrected chi connectivity index (χ4v) is 1.32. The maximum absolute atomic E-state index is 11.9. The van der Waals surface area contributed by atoms with Crippen LogP contribution in [0.5, 0.6) is 0 Å². The van der Waals surface area contributed by atoms with Crippen molar-refractivity contribution in [2.45, 2.75) is 26.7 Å². The van der Waals surface area contributed by atoms with Gasteiger partial charge in [0.05, 0.1) is 6.20 Å². The molecule has 4 heteroatoms. The molecule has 1 heterocycles. The molecule has 0 atom stereocenters. The van der Waals surface area contributed by atoms with E-state index in [0.29, 0.717) is 5.69 Å². The van der Waals surface area contributed by atoms with Gasteiger partial charge >= 0.3 is 0 Å². The lowest BCUT2D eigenvalue weighted by molar-refractivity contribution is 0.0756. The van der Waals surface area contributed by atoms with E-state index in [4.69, 9.17) is 0 Å². The number of hydrogen-bond acceptors (Lipinski definition) is 3. The Balaban J connectivity index is 2.65. The average Bonchev–Trinajstić information content (AvgIpc) is 2.31. The number of carbonyl (C=O) groups is 1. The van der Waals surface area contributed by atoms with E-state index >= 15 is 0 Å². The molecule has 0 aliphatic heterocycles. The lowest BCUT2D eigenvalue weighted by atomic mass is 10.3. The fourth-order valence-electron chi connectivity index (χ4n) is 1.32. The lowest BCUT2D eigenvalue weighted by Gasteiger charge is -2.19. The van der Waals surface area contributed by atoms with Gasteiger partial charge in [-0.05, 0) is 13.3 Å². The summed E-state index contributed by atoms with van der Waals surface area (Å²) in [5.74, 6) is -0.0287. The molecule has 0 fully saturated rings. The highest BCUT2D eigenvalue weighted by Gasteiger charge is 2.14. The first-order chi connectivity index (χ1) is 7.29. The maximum Gasteiger partial charge on any atom is 0.274 e. The molecule has 0 radical (unpaired) electrons. The van der Waals surface area contributed by atoms with Gasteiger partial charge in [0.15, 0.2) is 0 Å². The molecule has 1 amide bonds. The number of unbranched alkanes of at least 4 members (excludes halogenated alkanes) is 1. The summed E-state index contributed by atoms with van der Waals surface area (Å²) in [7, 11) is 0. The van der Waals surface area contributed by atoms with Crippen molar-refractivity contribution in [3.63, 3.8) is 0 Å². The van der Waals surface area contributed by atoms with Crippen molar-refractivity contribution in [2.24, 2.45) is 0 Å². The summed E-state index contributed by atoms with van der Waals surface area (Å²) in [4.78, 5) is 21.6. The Morgan fingerprint density at radius 2 is 2.20 bits per heavy atom. The minimum absolute atomic E-state index is 0.0287. The third-order valence-electron chi connectivity index (χ3n) is 2.23. The van der Waals surface area contributed by atoms with Crippen molar-refractivity contribution in [3.05, 3.63) is 24.3 Å². The highest BCUT2D eigenvalue weighted by atomic mass is 16.2. The molecule has 0 bridgehead atoms. The molecule has 1 rings (SSSR count). The van der Waals surface area contributed by atoms with E-state index in [1.807, 2.05) is 6.92 Å². The quantitative estimate of drug-likeness (QED) is 0.738. The normalized spacial score (nSPS) is 10.0. The Labute approximate surface area is 90.3 Å². The van der Waals surface area contributed by atoms with Crippen LogP contribution in [-0.2, 0) is 0 Å². The average molecular weight is 207 g/mol. The SMILES string of the molecule is CCCCN(CC)C(=O)c1cnccn1. The van der Waals surface area contributed by atoms with Crippen LogP contribution in [0.25, 0.3) is 0 Å². The smallest absolute Gasteiger partial charge is 0.274 e. The Hall–Kier alpha value is -1.45. The van der Waals surface area contributed by atoms with E-state index < -0.39 is 0 Å². The molecule has 0 aliphatic rings. The van der Waals surface area contributed by atoms with E-state index in [9.17, 15) is 4.79 Å². The van der Waals surface area contributed by atoms with Gasteiger partial charge in [-0.1, -0.05) is 13.3 Å². The lowest BCUT2D eigenvalue weighted by Crippen LogP contribution is -2.32. The van der Waals surface area contributed by atoms with Crippen LogP contribution in [0.3, 0.4) is 0 Å². The molecule has 0 spiro atoms. The Morgan fingerprint density at radius 3 is 2.73 bits per heavy atom. The minimum Gasteiger partial charge on any atom is -0.338 e. The van der Waals surface area contributed by atoms with Gasteiger partial charge in [-0.25, -0.2) is 4.98 Å². The zero-order valence-electron chi connectivity index (χ0n) is 9.31. The van der Waals surface area contributed by atoms with Crippen molar-refractivity contribution >= 4 is 5.91 Å². The van der Waals surface area contributed by atoms with Crippen molar-refractivity contribution in [3.8, 4) is 0 Å². The highest BCUT2D eigenvalue weighted by Crippen LogP contribution is 2.01.